The lowest BCUT2D eigenvalue weighted by Crippen LogP contribution is -2.45. The fraction of sp³-hybridized carbons (Fsp3) is 0.118. The van der Waals surface area contributed by atoms with Crippen LogP contribution in [0.3, 0.4) is 0 Å². The van der Waals surface area contributed by atoms with Crippen molar-refractivity contribution >= 4 is 29.4 Å². The third kappa shape index (κ3) is 4.57. The number of carbonyl (C=O) groups is 3. The molecule has 0 radical (unpaired) electrons. The Balaban J connectivity index is 2.09. The molecule has 0 aliphatic rings. The van der Waals surface area contributed by atoms with E-state index in [0.29, 0.717) is 16.1 Å². The van der Waals surface area contributed by atoms with E-state index in [1.165, 1.54) is 24.3 Å². The number of amides is 2. The molecular formula is C17H15ClN2O4. The van der Waals surface area contributed by atoms with Gasteiger partial charge in [0.05, 0.1) is 5.56 Å². The van der Waals surface area contributed by atoms with Crippen LogP contribution < -0.4 is 11.1 Å². The molecule has 2 aromatic carbocycles. The highest BCUT2D eigenvalue weighted by atomic mass is 35.5. The average Bonchev–Trinajstić information content (AvgIpc) is 2.55. The van der Waals surface area contributed by atoms with Crippen molar-refractivity contribution in [3.8, 4) is 0 Å². The first kappa shape index (κ1) is 17.5. The number of nitrogens with two attached hydrogens (primary N) is 1. The van der Waals surface area contributed by atoms with Crippen LogP contribution in [0.2, 0.25) is 5.02 Å². The van der Waals surface area contributed by atoms with Gasteiger partial charge in [-0.15, -0.1) is 0 Å². The molecule has 0 aromatic heterocycles. The van der Waals surface area contributed by atoms with Gasteiger partial charge in [-0.1, -0.05) is 23.7 Å². The molecule has 2 rings (SSSR count). The van der Waals surface area contributed by atoms with E-state index >= 15 is 0 Å². The van der Waals surface area contributed by atoms with Gasteiger partial charge in [0.25, 0.3) is 5.91 Å². The van der Waals surface area contributed by atoms with Crippen LogP contribution in [-0.4, -0.2) is 28.9 Å². The number of aromatic carboxylic acids is 1. The van der Waals surface area contributed by atoms with Gasteiger partial charge in [-0.05, 0) is 42.0 Å². The zero-order valence-corrected chi connectivity index (χ0v) is 13.3. The summed E-state index contributed by atoms with van der Waals surface area (Å²) in [7, 11) is 0. The maximum absolute atomic E-state index is 12.2. The maximum atomic E-state index is 12.2. The second-order valence-electron chi connectivity index (χ2n) is 5.14. The Morgan fingerprint density at radius 1 is 1.00 bits per heavy atom. The van der Waals surface area contributed by atoms with Crippen molar-refractivity contribution in [3.05, 3.63) is 70.2 Å². The van der Waals surface area contributed by atoms with Gasteiger partial charge in [-0.3, -0.25) is 9.59 Å². The summed E-state index contributed by atoms with van der Waals surface area (Å²) in [5.74, 6) is -2.17. The van der Waals surface area contributed by atoms with Gasteiger partial charge in [0.2, 0.25) is 5.91 Å². The maximum Gasteiger partial charge on any atom is 0.335 e. The first-order chi connectivity index (χ1) is 11.4. The minimum absolute atomic E-state index is 0.138. The zero-order valence-electron chi connectivity index (χ0n) is 12.5. The van der Waals surface area contributed by atoms with Crippen LogP contribution in [0.4, 0.5) is 0 Å². The Morgan fingerprint density at radius 3 is 2.04 bits per heavy atom. The summed E-state index contributed by atoms with van der Waals surface area (Å²) in [6.07, 6.45) is 0.161. The number of rotatable bonds is 6. The van der Waals surface area contributed by atoms with Gasteiger partial charge in [-0.2, -0.15) is 0 Å². The minimum atomic E-state index is -1.04. The molecule has 2 amide bonds. The van der Waals surface area contributed by atoms with Crippen molar-refractivity contribution in [1.82, 2.24) is 5.32 Å². The second kappa shape index (κ2) is 7.61. The SMILES string of the molecule is NC(=O)[C@@H](Cc1ccc(C(=O)O)cc1)NC(=O)c1ccc(Cl)cc1. The molecular weight excluding hydrogens is 332 g/mol. The third-order valence-corrected chi connectivity index (χ3v) is 3.65. The van der Waals surface area contributed by atoms with Gasteiger partial charge >= 0.3 is 5.97 Å². The topological polar surface area (TPSA) is 109 Å². The Bertz CT molecular complexity index is 757. The molecule has 0 saturated carbocycles. The molecule has 0 aliphatic carbocycles. The molecule has 0 fully saturated rings. The van der Waals surface area contributed by atoms with Gasteiger partial charge < -0.3 is 16.2 Å². The summed E-state index contributed by atoms with van der Waals surface area (Å²) < 4.78 is 0. The van der Waals surface area contributed by atoms with E-state index < -0.39 is 23.8 Å². The predicted octanol–water partition coefficient (Wildman–Crippen LogP) is 1.86. The molecule has 0 heterocycles. The fourth-order valence-electron chi connectivity index (χ4n) is 2.08. The highest BCUT2D eigenvalue weighted by Gasteiger charge is 2.19. The van der Waals surface area contributed by atoms with Crippen molar-refractivity contribution in [2.45, 2.75) is 12.5 Å². The number of carboxylic acid groups (broad SMARTS) is 1. The van der Waals surface area contributed by atoms with Crippen LogP contribution in [0, 0.1) is 0 Å². The molecule has 4 N–H and O–H groups in total. The molecule has 24 heavy (non-hydrogen) atoms. The van der Waals surface area contributed by atoms with E-state index in [-0.39, 0.29) is 12.0 Å². The first-order valence-electron chi connectivity index (χ1n) is 7.05. The molecule has 0 saturated heterocycles. The summed E-state index contributed by atoms with van der Waals surface area (Å²) in [4.78, 5) is 34.6. The Hall–Kier alpha value is -2.86. The second-order valence-corrected chi connectivity index (χ2v) is 5.58. The lowest BCUT2D eigenvalue weighted by molar-refractivity contribution is -0.119. The normalized spacial score (nSPS) is 11.5. The average molecular weight is 347 g/mol. The zero-order chi connectivity index (χ0) is 17.7. The van der Waals surface area contributed by atoms with Crippen LogP contribution in [0.15, 0.2) is 48.5 Å². The van der Waals surface area contributed by atoms with Crippen molar-refractivity contribution in [2.75, 3.05) is 0 Å². The van der Waals surface area contributed by atoms with Gasteiger partial charge in [0.15, 0.2) is 0 Å². The van der Waals surface area contributed by atoms with Crippen LogP contribution in [0.5, 0.6) is 0 Å². The summed E-state index contributed by atoms with van der Waals surface area (Å²) in [6.45, 7) is 0. The number of hydrogen-bond acceptors (Lipinski definition) is 3. The summed E-state index contributed by atoms with van der Waals surface area (Å²) in [5.41, 5.74) is 6.52. The largest absolute Gasteiger partial charge is 0.478 e. The van der Waals surface area contributed by atoms with Crippen molar-refractivity contribution in [3.63, 3.8) is 0 Å². The number of nitrogens with one attached hydrogen (secondary N) is 1. The highest BCUT2D eigenvalue weighted by Crippen LogP contribution is 2.11. The van der Waals surface area contributed by atoms with E-state index in [2.05, 4.69) is 5.32 Å². The van der Waals surface area contributed by atoms with Crippen LogP contribution in [0.1, 0.15) is 26.3 Å². The van der Waals surface area contributed by atoms with Gasteiger partial charge in [-0.25, -0.2) is 4.79 Å². The molecule has 124 valence electrons. The van der Waals surface area contributed by atoms with Crippen molar-refractivity contribution in [1.29, 1.82) is 0 Å². The molecule has 7 heteroatoms. The smallest absolute Gasteiger partial charge is 0.335 e. The number of primary amides is 1. The summed E-state index contributed by atoms with van der Waals surface area (Å²) in [6, 6.07) is 11.3. The molecule has 2 aromatic rings. The quantitative estimate of drug-likeness (QED) is 0.741. The molecule has 0 unspecified atom stereocenters. The molecule has 1 atom stereocenters. The van der Waals surface area contributed by atoms with E-state index in [1.54, 1.807) is 24.3 Å². The van der Waals surface area contributed by atoms with E-state index in [1.807, 2.05) is 0 Å². The van der Waals surface area contributed by atoms with Gasteiger partial charge in [0.1, 0.15) is 6.04 Å². The van der Waals surface area contributed by atoms with Crippen molar-refractivity contribution in [2.24, 2.45) is 5.73 Å². The molecule has 0 spiro atoms. The number of carbonyl (C=O) groups excluding carboxylic acids is 2. The number of halogens is 1. The molecule has 0 aliphatic heterocycles. The van der Waals surface area contributed by atoms with Crippen LogP contribution in [-0.2, 0) is 11.2 Å². The summed E-state index contributed by atoms with van der Waals surface area (Å²) >= 11 is 5.77. The number of hydrogen-bond donors (Lipinski definition) is 3. The Kier molecular flexibility index (Phi) is 5.55. The lowest BCUT2D eigenvalue weighted by atomic mass is 10.0. The number of carboxylic acids is 1. The standard InChI is InChI=1S/C17H15ClN2O4/c18-13-7-5-11(6-8-13)16(22)20-14(15(19)21)9-10-1-3-12(4-2-10)17(23)24/h1-8,14H,9H2,(H2,19,21)(H,20,22)(H,23,24)/t14-/m1/s1. The van der Waals surface area contributed by atoms with E-state index in [0.717, 1.165) is 0 Å². The Labute approximate surface area is 143 Å². The lowest BCUT2D eigenvalue weighted by Gasteiger charge is -2.16. The monoisotopic (exact) mass is 346 g/mol. The van der Waals surface area contributed by atoms with Crippen LogP contribution >= 0.6 is 11.6 Å². The molecule has 0 bridgehead atoms. The fourth-order valence-corrected chi connectivity index (χ4v) is 2.21. The number of benzene rings is 2. The van der Waals surface area contributed by atoms with E-state index in [4.69, 9.17) is 22.4 Å². The third-order valence-electron chi connectivity index (χ3n) is 3.40. The first-order valence-corrected chi connectivity index (χ1v) is 7.42. The predicted molar refractivity (Wildman–Crippen MR) is 89.0 cm³/mol. The Morgan fingerprint density at radius 2 is 1.54 bits per heavy atom. The van der Waals surface area contributed by atoms with Crippen LogP contribution in [0.25, 0.3) is 0 Å². The van der Waals surface area contributed by atoms with Crippen molar-refractivity contribution < 1.29 is 19.5 Å². The summed E-state index contributed by atoms with van der Waals surface area (Å²) in [5, 5.41) is 11.9. The minimum Gasteiger partial charge on any atom is -0.478 e. The highest BCUT2D eigenvalue weighted by molar-refractivity contribution is 6.30. The van der Waals surface area contributed by atoms with Gasteiger partial charge in [0, 0.05) is 17.0 Å². The van der Waals surface area contributed by atoms with E-state index in [9.17, 15) is 14.4 Å². The molecule has 6 nitrogen and oxygen atoms in total.